The lowest BCUT2D eigenvalue weighted by Crippen LogP contribution is -2.77. The van der Waals surface area contributed by atoms with Gasteiger partial charge < -0.3 is 4.90 Å². The minimum Gasteiger partial charge on any atom is -0.311 e. The van der Waals surface area contributed by atoms with Crippen molar-refractivity contribution < 1.29 is 6.85 Å². The maximum atomic E-state index is 9.86. The van der Waals surface area contributed by atoms with Crippen LogP contribution in [0.2, 0.25) is 0 Å². The highest BCUT2D eigenvalue weighted by atomic mass is 28.3. The van der Waals surface area contributed by atoms with Crippen LogP contribution in [0.4, 0.5) is 17.1 Å². The van der Waals surface area contributed by atoms with E-state index in [1.54, 1.807) is 0 Å². The Hall–Kier alpha value is -10.1. The van der Waals surface area contributed by atoms with Gasteiger partial charge in [0.15, 0.2) is 8.07 Å². The third-order valence-electron chi connectivity index (χ3n) is 17.3. The number of anilines is 3. The maximum absolute atomic E-state index is 9.86. The Bertz CT molecular complexity index is 4570. The molecule has 2 heteroatoms. The van der Waals surface area contributed by atoms with E-state index in [0.29, 0.717) is 0 Å². The number of para-hydroxylation sites is 1. The number of hydrogen-bond donors (Lipinski definition) is 0. The molecule has 0 fully saturated rings. The van der Waals surface area contributed by atoms with Gasteiger partial charge in [-0.15, -0.1) is 0 Å². The van der Waals surface area contributed by atoms with Crippen LogP contribution in [0, 0.1) is 0 Å². The van der Waals surface area contributed by atoms with Gasteiger partial charge in [0.1, 0.15) is 0 Å². The molecule has 15 rings (SSSR count). The molecule has 1 atom stereocenters. The van der Waals surface area contributed by atoms with E-state index in [1.165, 1.54) is 38.9 Å². The fourth-order valence-electron chi connectivity index (χ4n) is 13.8. The zero-order valence-electron chi connectivity index (χ0n) is 50.0. The largest absolute Gasteiger partial charge is 0.311 e. The molecule has 0 amide bonds. The second-order valence-electron chi connectivity index (χ2n) is 21.5. The Morgan fingerprint density at radius 3 is 1.44 bits per heavy atom. The van der Waals surface area contributed by atoms with E-state index < -0.39 is 31.6 Å². The topological polar surface area (TPSA) is 3.24 Å². The second-order valence-corrected chi connectivity index (χ2v) is 25.2. The quantitative estimate of drug-likeness (QED) is 0.0922. The van der Waals surface area contributed by atoms with E-state index in [1.807, 2.05) is 17.0 Å². The number of nitrogens with zero attached hydrogens (tertiary/aromatic N) is 1. The van der Waals surface area contributed by atoms with Crippen LogP contribution in [-0.2, 0) is 5.41 Å². The van der Waals surface area contributed by atoms with E-state index in [-0.39, 0.29) is 23.7 Å². The van der Waals surface area contributed by atoms with Gasteiger partial charge >= 0.3 is 0 Å². The minimum atomic E-state index is -3.52. The number of rotatable bonds is 11. The van der Waals surface area contributed by atoms with Gasteiger partial charge in [0.05, 0.1) is 12.3 Å². The summed E-state index contributed by atoms with van der Waals surface area (Å²) in [7, 11) is -3.52. The average molecular weight is 1070 g/mol. The lowest BCUT2D eigenvalue weighted by Gasteiger charge is -2.45. The Labute approximate surface area is 489 Å². The van der Waals surface area contributed by atoms with E-state index in [0.717, 1.165) is 76.6 Å². The molecule has 13 aromatic carbocycles. The third kappa shape index (κ3) is 7.90. The molecule has 1 aliphatic heterocycles. The number of benzene rings is 13. The molecule has 0 saturated carbocycles. The monoisotopic (exact) mass is 1060 g/mol. The first kappa shape index (κ1) is 43.7. The van der Waals surface area contributed by atoms with Crippen molar-refractivity contribution in [3.05, 3.63) is 379 Å². The maximum Gasteiger partial charge on any atom is 0.184 e. The Morgan fingerprint density at radius 2 is 0.829 bits per heavy atom. The standard InChI is InChI=1S/C80H57NSi/c1-9-27-57(28-10-1)59-45-49-69(58-29-11-2-12-30-58)73(53-59)60-47-52-77-76(54-60)81(66-37-19-6-20-38-66)75-51-46-61(55-78(75)82(77,67-39-21-7-22-40-67)68-41-23-8-24-42-68)79-72-44-26-25-43-70(72)71-50-48-65(56-74(71)79)80(62-31-13-3-14-32-62,63-33-15-4-16-34-63)64-35-17-5-18-36-64/h1-56,79H/i6D,19D,20D,37D,38D. The second kappa shape index (κ2) is 20.5. The van der Waals surface area contributed by atoms with Crippen molar-refractivity contribution in [2.75, 3.05) is 4.90 Å². The Morgan fingerprint density at radius 1 is 0.317 bits per heavy atom. The SMILES string of the molecule is [2H]c1c([2H])c([2H])c(N2c3cc(-c4cc(-c5ccccc5)ccc4-c4ccccc4)ccc3[Si](c3ccccc3)(c3ccccc3)c3cc(C4c5ccccc5-c5ccc(C(c6ccccc6)(c6ccccc6)c6ccccc6)cc54)ccc32)c([2H])c1[2H]. The summed E-state index contributed by atoms with van der Waals surface area (Å²) in [5.74, 6) is -0.217. The molecule has 1 heterocycles. The molecule has 1 nitrogen and oxygen atoms in total. The van der Waals surface area contributed by atoms with Crippen LogP contribution in [0.1, 0.15) is 51.7 Å². The van der Waals surface area contributed by atoms with Gasteiger partial charge in [-0.2, -0.15) is 0 Å². The van der Waals surface area contributed by atoms with Crippen molar-refractivity contribution in [3.63, 3.8) is 0 Å². The zero-order chi connectivity index (χ0) is 58.8. The van der Waals surface area contributed by atoms with Crippen molar-refractivity contribution in [2.45, 2.75) is 11.3 Å². The van der Waals surface area contributed by atoms with Crippen molar-refractivity contribution in [2.24, 2.45) is 0 Å². The lowest BCUT2D eigenvalue weighted by atomic mass is 9.64. The Balaban J connectivity index is 1.03. The van der Waals surface area contributed by atoms with E-state index in [9.17, 15) is 5.48 Å². The summed E-state index contributed by atoms with van der Waals surface area (Å²) in [6, 6.07) is 110. The summed E-state index contributed by atoms with van der Waals surface area (Å²) < 4.78 is 47.2. The summed E-state index contributed by atoms with van der Waals surface area (Å²) >= 11 is 0. The summed E-state index contributed by atoms with van der Waals surface area (Å²) in [6.07, 6.45) is 0. The molecule has 1 aliphatic carbocycles. The van der Waals surface area contributed by atoms with Crippen LogP contribution in [0.5, 0.6) is 0 Å². The van der Waals surface area contributed by atoms with Gasteiger partial charge in [0, 0.05) is 23.0 Å². The predicted molar refractivity (Wildman–Crippen MR) is 346 cm³/mol. The van der Waals surface area contributed by atoms with Gasteiger partial charge in [-0.25, -0.2) is 0 Å². The van der Waals surface area contributed by atoms with Crippen LogP contribution in [-0.4, -0.2) is 8.07 Å². The molecule has 0 aromatic heterocycles. The first-order valence-corrected chi connectivity index (χ1v) is 30.2. The number of fused-ring (bicyclic) bond motifs is 5. The van der Waals surface area contributed by atoms with Gasteiger partial charge in [0.2, 0.25) is 0 Å². The molecule has 13 aromatic rings. The van der Waals surface area contributed by atoms with E-state index in [4.69, 9.17) is 1.37 Å². The molecule has 0 radical (unpaired) electrons. The molecule has 0 bridgehead atoms. The normalized spacial score (nSPS) is 14.7. The smallest absolute Gasteiger partial charge is 0.184 e. The van der Waals surface area contributed by atoms with Crippen LogP contribution < -0.4 is 25.6 Å². The molecule has 386 valence electrons. The third-order valence-corrected chi connectivity index (χ3v) is 22.1. The molecular formula is C80H57NSi. The van der Waals surface area contributed by atoms with Crippen LogP contribution in [0.25, 0.3) is 44.5 Å². The Kier molecular flexibility index (Phi) is 10.9. The van der Waals surface area contributed by atoms with Gasteiger partial charge in [-0.1, -0.05) is 309 Å². The fourth-order valence-corrected chi connectivity index (χ4v) is 18.9. The van der Waals surface area contributed by atoms with Crippen molar-refractivity contribution in [1.29, 1.82) is 0 Å². The first-order valence-electron chi connectivity index (χ1n) is 30.7. The molecule has 0 spiro atoms. The zero-order valence-corrected chi connectivity index (χ0v) is 46.0. The predicted octanol–water partition coefficient (Wildman–Crippen LogP) is 17.4. The van der Waals surface area contributed by atoms with E-state index >= 15 is 0 Å². The van der Waals surface area contributed by atoms with Crippen LogP contribution in [0.3, 0.4) is 0 Å². The molecular weight excluding hydrogens is 1000 g/mol. The molecule has 0 saturated heterocycles. The minimum absolute atomic E-state index is 0.0960. The van der Waals surface area contributed by atoms with Gasteiger partial charge in [-0.3, -0.25) is 0 Å². The molecule has 0 N–H and O–H groups in total. The fraction of sp³-hybridized carbons (Fsp3) is 0.0250. The lowest BCUT2D eigenvalue weighted by molar-refractivity contribution is 0.743. The highest BCUT2D eigenvalue weighted by molar-refractivity contribution is 7.21. The highest BCUT2D eigenvalue weighted by Gasteiger charge is 2.50. The van der Waals surface area contributed by atoms with E-state index in [2.05, 4.69) is 297 Å². The first-order chi connectivity index (χ1) is 42.8. The molecule has 1 unspecified atom stereocenters. The highest BCUT2D eigenvalue weighted by Crippen LogP contribution is 2.53. The number of hydrogen-bond acceptors (Lipinski definition) is 1. The van der Waals surface area contributed by atoms with Crippen LogP contribution in [0.15, 0.2) is 340 Å². The van der Waals surface area contributed by atoms with Crippen LogP contribution >= 0.6 is 0 Å². The summed E-state index contributed by atoms with van der Waals surface area (Å²) in [5, 5.41) is 4.41. The average Bonchev–Trinajstić information content (AvgIpc) is 1.11. The molecule has 82 heavy (non-hydrogen) atoms. The van der Waals surface area contributed by atoms with Gasteiger partial charge in [-0.05, 0) is 134 Å². The van der Waals surface area contributed by atoms with Gasteiger partial charge in [0.25, 0.3) is 0 Å². The van der Waals surface area contributed by atoms with Crippen molar-refractivity contribution in [3.8, 4) is 44.5 Å². The van der Waals surface area contributed by atoms with Crippen molar-refractivity contribution >= 4 is 45.9 Å². The summed E-state index contributed by atoms with van der Waals surface area (Å²) in [4.78, 5) is 2.00. The summed E-state index contributed by atoms with van der Waals surface area (Å²) in [5.41, 5.74) is 17.7. The summed E-state index contributed by atoms with van der Waals surface area (Å²) in [6.45, 7) is 0. The van der Waals surface area contributed by atoms with Crippen molar-refractivity contribution in [1.82, 2.24) is 0 Å². The molecule has 2 aliphatic rings.